The first-order valence-corrected chi connectivity index (χ1v) is 5.04. The highest BCUT2D eigenvalue weighted by atomic mass is 79.9. The molecule has 0 aliphatic carbocycles. The number of rotatable bonds is 1. The van der Waals surface area contributed by atoms with Gasteiger partial charge < -0.3 is 16.0 Å². The Morgan fingerprint density at radius 1 is 1.43 bits per heavy atom. The maximum atomic E-state index is 10.8. The van der Waals surface area contributed by atoms with Crippen LogP contribution in [0.3, 0.4) is 0 Å². The van der Waals surface area contributed by atoms with E-state index in [0.29, 0.717) is 0 Å². The highest BCUT2D eigenvalue weighted by molar-refractivity contribution is 9.10. The average Bonchev–Trinajstić information content (AvgIpc) is 2.44. The SMILES string of the molecule is CC(=O)NC1Nc2ccc(Br)cc2N1. The third-order valence-electron chi connectivity index (χ3n) is 1.93. The van der Waals surface area contributed by atoms with Gasteiger partial charge in [0.05, 0.1) is 11.4 Å². The molecule has 1 aromatic carbocycles. The first kappa shape index (κ1) is 9.33. The maximum Gasteiger partial charge on any atom is 0.219 e. The number of hydrogen-bond acceptors (Lipinski definition) is 3. The van der Waals surface area contributed by atoms with E-state index in [1.54, 1.807) is 0 Å². The van der Waals surface area contributed by atoms with Crippen LogP contribution in [0.25, 0.3) is 0 Å². The van der Waals surface area contributed by atoms with Gasteiger partial charge in [-0.25, -0.2) is 0 Å². The lowest BCUT2D eigenvalue weighted by atomic mass is 10.3. The second-order valence-corrected chi connectivity index (χ2v) is 4.03. The summed E-state index contributed by atoms with van der Waals surface area (Å²) >= 11 is 3.38. The summed E-state index contributed by atoms with van der Waals surface area (Å²) in [4.78, 5) is 10.8. The minimum atomic E-state index is -0.211. The number of fused-ring (bicyclic) bond motifs is 1. The summed E-state index contributed by atoms with van der Waals surface area (Å²) in [6, 6.07) is 5.86. The zero-order chi connectivity index (χ0) is 10.1. The Hall–Kier alpha value is -1.23. The number of carbonyl (C=O) groups excluding carboxylic acids is 1. The molecule has 5 heteroatoms. The Morgan fingerprint density at radius 2 is 2.14 bits per heavy atom. The normalized spacial score (nSPS) is 18.0. The standard InChI is InChI=1S/C9H10BrN3O/c1-5(14)11-9-12-7-3-2-6(10)4-8(7)13-9/h2-4,9,12-13H,1H3,(H,11,14). The topological polar surface area (TPSA) is 53.2 Å². The van der Waals surface area contributed by atoms with Crippen LogP contribution in [-0.2, 0) is 4.79 Å². The Morgan fingerprint density at radius 3 is 2.86 bits per heavy atom. The number of carbonyl (C=O) groups is 1. The van der Waals surface area contributed by atoms with Crippen molar-refractivity contribution in [2.24, 2.45) is 0 Å². The van der Waals surface area contributed by atoms with Crippen LogP contribution < -0.4 is 16.0 Å². The first-order chi connectivity index (χ1) is 6.65. The second kappa shape index (κ2) is 3.49. The maximum absolute atomic E-state index is 10.8. The summed E-state index contributed by atoms with van der Waals surface area (Å²) in [6.07, 6.45) is -0.211. The predicted octanol–water partition coefficient (Wildman–Crippen LogP) is 1.71. The van der Waals surface area contributed by atoms with Crippen LogP contribution in [-0.4, -0.2) is 12.2 Å². The van der Waals surface area contributed by atoms with E-state index in [-0.39, 0.29) is 12.2 Å². The summed E-state index contributed by atoms with van der Waals surface area (Å²) in [6.45, 7) is 1.49. The molecule has 0 fully saturated rings. The summed E-state index contributed by atoms with van der Waals surface area (Å²) in [5.74, 6) is -0.0677. The van der Waals surface area contributed by atoms with Crippen LogP contribution >= 0.6 is 15.9 Å². The van der Waals surface area contributed by atoms with E-state index in [2.05, 4.69) is 31.9 Å². The van der Waals surface area contributed by atoms with Gasteiger partial charge in [0.1, 0.15) is 0 Å². The molecule has 2 rings (SSSR count). The minimum absolute atomic E-state index is 0.0677. The third kappa shape index (κ3) is 1.82. The average molecular weight is 256 g/mol. The molecule has 0 saturated heterocycles. The van der Waals surface area contributed by atoms with Crippen LogP contribution in [0.1, 0.15) is 6.92 Å². The van der Waals surface area contributed by atoms with E-state index in [0.717, 1.165) is 15.8 Å². The zero-order valence-electron chi connectivity index (χ0n) is 7.60. The largest absolute Gasteiger partial charge is 0.347 e. The van der Waals surface area contributed by atoms with Crippen molar-refractivity contribution in [1.29, 1.82) is 0 Å². The molecule has 0 spiro atoms. The lowest BCUT2D eigenvalue weighted by Gasteiger charge is -2.12. The fourth-order valence-electron chi connectivity index (χ4n) is 1.38. The molecule has 1 heterocycles. The molecule has 1 amide bonds. The molecule has 14 heavy (non-hydrogen) atoms. The Bertz CT molecular complexity index is 380. The highest BCUT2D eigenvalue weighted by Gasteiger charge is 2.19. The fourth-order valence-corrected chi connectivity index (χ4v) is 1.75. The lowest BCUT2D eigenvalue weighted by molar-refractivity contribution is -0.119. The molecule has 0 radical (unpaired) electrons. The monoisotopic (exact) mass is 255 g/mol. The molecule has 1 atom stereocenters. The molecule has 0 bridgehead atoms. The van der Waals surface area contributed by atoms with Crippen molar-refractivity contribution in [2.45, 2.75) is 13.2 Å². The highest BCUT2D eigenvalue weighted by Crippen LogP contribution is 2.30. The van der Waals surface area contributed by atoms with Gasteiger partial charge in [0.25, 0.3) is 0 Å². The number of benzene rings is 1. The molecular weight excluding hydrogens is 246 g/mol. The van der Waals surface area contributed by atoms with Gasteiger partial charge in [-0.3, -0.25) is 4.79 Å². The number of halogens is 1. The number of amides is 1. The van der Waals surface area contributed by atoms with Crippen LogP contribution in [0.2, 0.25) is 0 Å². The van der Waals surface area contributed by atoms with Crippen molar-refractivity contribution in [1.82, 2.24) is 5.32 Å². The van der Waals surface area contributed by atoms with Crippen LogP contribution in [0, 0.1) is 0 Å². The van der Waals surface area contributed by atoms with Crippen LogP contribution in [0.5, 0.6) is 0 Å². The van der Waals surface area contributed by atoms with Gasteiger partial charge in [0.2, 0.25) is 5.91 Å². The molecule has 0 saturated carbocycles. The molecule has 1 aromatic rings. The summed E-state index contributed by atoms with van der Waals surface area (Å²) in [5.41, 5.74) is 1.98. The van der Waals surface area contributed by atoms with E-state index in [4.69, 9.17) is 0 Å². The van der Waals surface area contributed by atoms with Crippen molar-refractivity contribution in [3.8, 4) is 0 Å². The van der Waals surface area contributed by atoms with E-state index < -0.39 is 0 Å². The van der Waals surface area contributed by atoms with Gasteiger partial charge in [-0.05, 0) is 18.2 Å². The molecule has 1 unspecified atom stereocenters. The van der Waals surface area contributed by atoms with Gasteiger partial charge in [-0.1, -0.05) is 15.9 Å². The van der Waals surface area contributed by atoms with Crippen LogP contribution in [0.15, 0.2) is 22.7 Å². The predicted molar refractivity (Wildman–Crippen MR) is 59.0 cm³/mol. The Balaban J connectivity index is 2.14. The van der Waals surface area contributed by atoms with E-state index in [1.165, 1.54) is 6.92 Å². The van der Waals surface area contributed by atoms with Crippen molar-refractivity contribution in [3.63, 3.8) is 0 Å². The summed E-state index contributed by atoms with van der Waals surface area (Å²) < 4.78 is 1.01. The van der Waals surface area contributed by atoms with Crippen LogP contribution in [0.4, 0.5) is 11.4 Å². The van der Waals surface area contributed by atoms with Crippen molar-refractivity contribution < 1.29 is 4.79 Å². The lowest BCUT2D eigenvalue weighted by Crippen LogP contribution is -2.41. The van der Waals surface area contributed by atoms with Gasteiger partial charge in [-0.15, -0.1) is 0 Å². The quantitative estimate of drug-likeness (QED) is 0.716. The van der Waals surface area contributed by atoms with E-state index in [1.807, 2.05) is 18.2 Å². The Labute approximate surface area is 90.2 Å². The van der Waals surface area contributed by atoms with Gasteiger partial charge in [0, 0.05) is 11.4 Å². The summed E-state index contributed by atoms with van der Waals surface area (Å²) in [5, 5.41) is 8.99. The fraction of sp³-hybridized carbons (Fsp3) is 0.222. The van der Waals surface area contributed by atoms with E-state index >= 15 is 0 Å². The molecule has 0 aromatic heterocycles. The molecule has 1 aliphatic rings. The van der Waals surface area contributed by atoms with Crippen molar-refractivity contribution >= 4 is 33.2 Å². The third-order valence-corrected chi connectivity index (χ3v) is 2.42. The molecule has 1 aliphatic heterocycles. The molecular formula is C9H10BrN3O. The Kier molecular flexibility index (Phi) is 2.33. The molecule has 3 N–H and O–H groups in total. The van der Waals surface area contributed by atoms with Crippen molar-refractivity contribution in [3.05, 3.63) is 22.7 Å². The number of anilines is 2. The van der Waals surface area contributed by atoms with Gasteiger partial charge >= 0.3 is 0 Å². The number of nitrogens with one attached hydrogen (secondary N) is 3. The van der Waals surface area contributed by atoms with Gasteiger partial charge in [0.15, 0.2) is 6.29 Å². The smallest absolute Gasteiger partial charge is 0.219 e. The second-order valence-electron chi connectivity index (χ2n) is 3.11. The minimum Gasteiger partial charge on any atom is -0.347 e. The molecule has 74 valence electrons. The zero-order valence-corrected chi connectivity index (χ0v) is 9.18. The van der Waals surface area contributed by atoms with Crippen molar-refractivity contribution in [2.75, 3.05) is 10.6 Å². The molecule has 4 nitrogen and oxygen atoms in total. The first-order valence-electron chi connectivity index (χ1n) is 4.25. The summed E-state index contributed by atoms with van der Waals surface area (Å²) in [7, 11) is 0. The van der Waals surface area contributed by atoms with E-state index in [9.17, 15) is 4.79 Å². The number of hydrogen-bond donors (Lipinski definition) is 3. The van der Waals surface area contributed by atoms with Gasteiger partial charge in [-0.2, -0.15) is 0 Å².